The molecule has 1 fully saturated rings. The summed E-state index contributed by atoms with van der Waals surface area (Å²) in [4.78, 5) is 34.4. The fraction of sp³-hybridized carbons (Fsp3) is 0.476. The smallest absolute Gasteiger partial charge is 0.256 e. The highest BCUT2D eigenvalue weighted by Crippen LogP contribution is 2.36. The Morgan fingerprint density at radius 2 is 2.07 bits per heavy atom. The predicted octanol–water partition coefficient (Wildman–Crippen LogP) is 2.29. The van der Waals surface area contributed by atoms with E-state index in [4.69, 9.17) is 0 Å². The minimum Gasteiger partial charge on any atom is -0.338 e. The maximum absolute atomic E-state index is 13.2. The Morgan fingerprint density at radius 1 is 1.25 bits per heavy atom. The fourth-order valence-corrected chi connectivity index (χ4v) is 5.05. The lowest BCUT2D eigenvalue weighted by atomic mass is 9.82. The molecule has 148 valence electrons. The summed E-state index contributed by atoms with van der Waals surface area (Å²) in [5.74, 6) is 0.580. The molecule has 2 aromatic rings. The molecule has 0 aromatic carbocycles. The molecule has 2 aromatic heterocycles. The zero-order valence-corrected chi connectivity index (χ0v) is 17.4. The van der Waals surface area contributed by atoms with Crippen molar-refractivity contribution < 1.29 is 4.79 Å². The van der Waals surface area contributed by atoms with Gasteiger partial charge in [0.05, 0.1) is 5.56 Å². The highest BCUT2D eigenvalue weighted by atomic mass is 32.2. The van der Waals surface area contributed by atoms with Crippen LogP contribution in [0.1, 0.15) is 34.0 Å². The van der Waals surface area contributed by atoms with Gasteiger partial charge in [-0.05, 0) is 50.9 Å². The first-order valence-electron chi connectivity index (χ1n) is 9.63. The summed E-state index contributed by atoms with van der Waals surface area (Å²) >= 11 is 1.50. The molecule has 4 rings (SSSR count). The first-order chi connectivity index (χ1) is 13.5. The van der Waals surface area contributed by atoms with Gasteiger partial charge in [0.25, 0.3) is 11.5 Å². The van der Waals surface area contributed by atoms with Crippen LogP contribution < -0.4 is 5.56 Å². The number of hydrogen-bond acceptors (Lipinski definition) is 5. The number of pyridine rings is 2. The lowest BCUT2D eigenvalue weighted by Crippen LogP contribution is -2.49. The van der Waals surface area contributed by atoms with E-state index < -0.39 is 0 Å². The second-order valence-corrected chi connectivity index (χ2v) is 8.80. The first-order valence-corrected chi connectivity index (χ1v) is 10.9. The number of carbonyl (C=O) groups excluding carboxylic acids is 1. The lowest BCUT2D eigenvalue weighted by molar-refractivity contribution is 0.0590. The molecule has 6 nitrogen and oxygen atoms in total. The summed E-state index contributed by atoms with van der Waals surface area (Å²) in [6.45, 7) is 2.70. The molecule has 28 heavy (non-hydrogen) atoms. The normalized spacial score (nSPS) is 20.9. The van der Waals surface area contributed by atoms with E-state index in [1.54, 1.807) is 6.20 Å². The number of carbonyl (C=O) groups is 1. The quantitative estimate of drug-likeness (QED) is 0.740. The van der Waals surface area contributed by atoms with Crippen LogP contribution in [0.3, 0.4) is 0 Å². The maximum atomic E-state index is 13.2. The second kappa shape index (κ2) is 7.72. The zero-order chi connectivity index (χ0) is 19.8. The molecule has 0 aliphatic carbocycles. The van der Waals surface area contributed by atoms with E-state index in [2.05, 4.69) is 11.1 Å². The predicted molar refractivity (Wildman–Crippen MR) is 111 cm³/mol. The Hall–Kier alpha value is -2.12. The molecule has 0 saturated carbocycles. The van der Waals surface area contributed by atoms with E-state index >= 15 is 0 Å². The summed E-state index contributed by atoms with van der Waals surface area (Å²) < 4.78 is 1.96. The summed E-state index contributed by atoms with van der Waals surface area (Å²) in [5, 5.41) is 0.771. The van der Waals surface area contributed by atoms with Crippen molar-refractivity contribution in [3.8, 4) is 0 Å². The van der Waals surface area contributed by atoms with Crippen LogP contribution in [0.2, 0.25) is 0 Å². The molecule has 4 heterocycles. The van der Waals surface area contributed by atoms with Crippen molar-refractivity contribution >= 4 is 17.7 Å². The number of likely N-dealkylation sites (tertiary alicyclic amines) is 1. The van der Waals surface area contributed by atoms with Crippen molar-refractivity contribution in [1.82, 2.24) is 19.4 Å². The van der Waals surface area contributed by atoms with E-state index in [1.165, 1.54) is 11.8 Å². The van der Waals surface area contributed by atoms with Crippen molar-refractivity contribution in [1.29, 1.82) is 0 Å². The standard InChI is InChI=1S/C21H26N4O2S/c1-23(2)12-15-6-7-18-16-9-14(11-25(18)20(15)26)10-24(13-16)21(27)17-5-4-8-22-19(17)28-3/h4-8,14,16H,9-13H2,1-3H3/t14-,16+/m0/s1. The number of piperidine rings is 1. The molecule has 2 bridgehead atoms. The van der Waals surface area contributed by atoms with Crippen LogP contribution in [-0.4, -0.2) is 58.7 Å². The highest BCUT2D eigenvalue weighted by molar-refractivity contribution is 7.98. The van der Waals surface area contributed by atoms with Gasteiger partial charge in [0, 0.05) is 49.6 Å². The summed E-state index contributed by atoms with van der Waals surface area (Å²) in [6, 6.07) is 7.73. The third kappa shape index (κ3) is 3.49. The molecule has 0 unspecified atom stereocenters. The van der Waals surface area contributed by atoms with Gasteiger partial charge in [0.2, 0.25) is 0 Å². The van der Waals surface area contributed by atoms with Gasteiger partial charge in [-0.1, -0.05) is 6.07 Å². The number of rotatable bonds is 4. The molecule has 7 heteroatoms. The average Bonchev–Trinajstić information content (AvgIpc) is 2.69. The maximum Gasteiger partial charge on any atom is 0.256 e. The highest BCUT2D eigenvalue weighted by Gasteiger charge is 2.37. The second-order valence-electron chi connectivity index (χ2n) is 8.01. The lowest BCUT2D eigenvalue weighted by Gasteiger charge is -2.43. The van der Waals surface area contributed by atoms with Gasteiger partial charge in [-0.15, -0.1) is 11.8 Å². The van der Waals surface area contributed by atoms with E-state index in [0.29, 0.717) is 37.7 Å². The van der Waals surface area contributed by atoms with Gasteiger partial charge < -0.3 is 14.4 Å². The average molecular weight is 399 g/mol. The van der Waals surface area contributed by atoms with Crippen molar-refractivity contribution in [3.63, 3.8) is 0 Å². The van der Waals surface area contributed by atoms with Gasteiger partial charge >= 0.3 is 0 Å². The summed E-state index contributed by atoms with van der Waals surface area (Å²) in [6.07, 6.45) is 4.71. The van der Waals surface area contributed by atoms with Gasteiger partial charge in [0.1, 0.15) is 5.03 Å². The van der Waals surface area contributed by atoms with E-state index in [9.17, 15) is 9.59 Å². The van der Waals surface area contributed by atoms with Gasteiger partial charge in [-0.2, -0.15) is 0 Å². The first kappa shape index (κ1) is 19.2. The summed E-state index contributed by atoms with van der Waals surface area (Å²) in [5.41, 5.74) is 2.70. The van der Waals surface area contributed by atoms with E-state index in [1.807, 2.05) is 52.9 Å². The molecule has 2 atom stereocenters. The topological polar surface area (TPSA) is 58.4 Å². The number of nitrogens with zero attached hydrogens (tertiary/aromatic N) is 4. The third-order valence-corrected chi connectivity index (χ3v) is 6.36. The molecular weight excluding hydrogens is 372 g/mol. The molecule has 0 spiro atoms. The van der Waals surface area contributed by atoms with Crippen molar-refractivity contribution in [3.05, 3.63) is 57.6 Å². The van der Waals surface area contributed by atoms with E-state index in [-0.39, 0.29) is 17.4 Å². The molecule has 0 N–H and O–H groups in total. The molecule has 0 radical (unpaired) electrons. The number of thioether (sulfide) groups is 1. The third-order valence-electron chi connectivity index (χ3n) is 5.65. The Balaban J connectivity index is 1.62. The SMILES string of the molecule is CSc1ncccc1C(=O)N1C[C@@H]2C[C@H](C1)c1ccc(CN(C)C)c(=O)n1C2. The Morgan fingerprint density at radius 3 is 2.82 bits per heavy atom. The van der Waals surface area contributed by atoms with Crippen molar-refractivity contribution in [2.24, 2.45) is 5.92 Å². The Kier molecular flexibility index (Phi) is 5.29. The van der Waals surface area contributed by atoms with Crippen LogP contribution in [0.15, 0.2) is 40.3 Å². The minimum absolute atomic E-state index is 0.0483. The van der Waals surface area contributed by atoms with Gasteiger partial charge in [-0.25, -0.2) is 4.98 Å². The van der Waals surface area contributed by atoms with E-state index in [0.717, 1.165) is 22.7 Å². The fourth-order valence-electron chi connectivity index (χ4n) is 4.50. The minimum atomic E-state index is 0.0483. The zero-order valence-electron chi connectivity index (χ0n) is 16.6. The van der Waals surface area contributed by atoms with Crippen LogP contribution >= 0.6 is 11.8 Å². The van der Waals surface area contributed by atoms with Crippen LogP contribution in [0.25, 0.3) is 0 Å². The number of hydrogen-bond donors (Lipinski definition) is 0. The number of aromatic nitrogens is 2. The Labute approximate surface area is 169 Å². The molecule has 2 aliphatic heterocycles. The molecular formula is C21H26N4O2S. The monoisotopic (exact) mass is 398 g/mol. The number of amides is 1. The molecule has 1 amide bonds. The van der Waals surface area contributed by atoms with Gasteiger partial charge in [-0.3, -0.25) is 9.59 Å². The van der Waals surface area contributed by atoms with Gasteiger partial charge in [0.15, 0.2) is 0 Å². The van der Waals surface area contributed by atoms with Crippen LogP contribution in [-0.2, 0) is 13.1 Å². The van der Waals surface area contributed by atoms with Crippen molar-refractivity contribution in [2.75, 3.05) is 33.4 Å². The largest absolute Gasteiger partial charge is 0.338 e. The molecule has 1 saturated heterocycles. The van der Waals surface area contributed by atoms with Crippen LogP contribution in [0.4, 0.5) is 0 Å². The summed E-state index contributed by atoms with van der Waals surface area (Å²) in [7, 11) is 3.95. The molecule has 2 aliphatic rings. The van der Waals surface area contributed by atoms with Crippen LogP contribution in [0.5, 0.6) is 0 Å². The van der Waals surface area contributed by atoms with Crippen LogP contribution in [0, 0.1) is 5.92 Å². The Bertz CT molecular complexity index is 956. The number of fused-ring (bicyclic) bond motifs is 4. The van der Waals surface area contributed by atoms with Crippen molar-refractivity contribution in [2.45, 2.75) is 30.5 Å².